The van der Waals surface area contributed by atoms with Crippen LogP contribution in [0.25, 0.3) is 0 Å². The minimum absolute atomic E-state index is 0.00186. The minimum atomic E-state index is -0.183. The number of phenolic OH excluding ortho intramolecular Hbond substituents is 1. The first kappa shape index (κ1) is 19.0. The Balaban J connectivity index is 1.73. The highest BCUT2D eigenvalue weighted by Gasteiger charge is 2.26. The third kappa shape index (κ3) is 4.88. The first-order valence-corrected chi connectivity index (χ1v) is 9.51. The van der Waals surface area contributed by atoms with Crippen LogP contribution in [0.15, 0.2) is 48.5 Å². The molecule has 1 unspecified atom stereocenters. The highest BCUT2D eigenvalue weighted by molar-refractivity contribution is 5.97. The van der Waals surface area contributed by atoms with Gasteiger partial charge in [-0.05, 0) is 42.5 Å². The Hall–Kier alpha value is -2.82. The zero-order valence-corrected chi connectivity index (χ0v) is 15.6. The lowest BCUT2D eigenvalue weighted by Gasteiger charge is -2.33. The molecule has 1 heterocycles. The molecule has 1 atom stereocenters. The lowest BCUT2D eigenvalue weighted by molar-refractivity contribution is -0.121. The van der Waals surface area contributed by atoms with Crippen molar-refractivity contribution >= 4 is 11.8 Å². The van der Waals surface area contributed by atoms with E-state index in [1.807, 2.05) is 43.3 Å². The Bertz CT molecular complexity index is 804. The van der Waals surface area contributed by atoms with Gasteiger partial charge in [0.1, 0.15) is 5.75 Å². The molecule has 0 aromatic heterocycles. The number of hydrogen-bond acceptors (Lipinski definition) is 3. The molecule has 1 saturated heterocycles. The summed E-state index contributed by atoms with van der Waals surface area (Å²) in [5.74, 6) is -0.184. The first-order valence-electron chi connectivity index (χ1n) is 9.51. The van der Waals surface area contributed by atoms with E-state index in [0.717, 1.165) is 24.0 Å². The first-order chi connectivity index (χ1) is 13.1. The molecule has 3 rings (SSSR count). The summed E-state index contributed by atoms with van der Waals surface area (Å²) in [6, 6.07) is 15.2. The van der Waals surface area contributed by atoms with Crippen molar-refractivity contribution < 1.29 is 14.7 Å². The van der Waals surface area contributed by atoms with Crippen molar-refractivity contribution in [3.05, 3.63) is 65.2 Å². The Kier molecular flexibility index (Phi) is 6.12. The zero-order valence-electron chi connectivity index (χ0n) is 15.6. The topological polar surface area (TPSA) is 69.6 Å². The van der Waals surface area contributed by atoms with Crippen molar-refractivity contribution in [3.63, 3.8) is 0 Å². The van der Waals surface area contributed by atoms with Crippen molar-refractivity contribution in [2.45, 2.75) is 38.6 Å². The quantitative estimate of drug-likeness (QED) is 0.854. The van der Waals surface area contributed by atoms with Crippen molar-refractivity contribution in [1.29, 1.82) is 0 Å². The van der Waals surface area contributed by atoms with Crippen LogP contribution in [0.3, 0.4) is 0 Å². The van der Waals surface area contributed by atoms with Gasteiger partial charge in [0.25, 0.3) is 5.91 Å². The van der Waals surface area contributed by atoms with Gasteiger partial charge < -0.3 is 15.3 Å². The van der Waals surface area contributed by atoms with E-state index in [1.54, 1.807) is 17.0 Å². The second kappa shape index (κ2) is 8.71. The van der Waals surface area contributed by atoms with E-state index in [0.29, 0.717) is 31.5 Å². The number of carbonyl (C=O) groups is 2. The van der Waals surface area contributed by atoms with Crippen LogP contribution in [-0.4, -0.2) is 41.0 Å². The molecule has 0 saturated carbocycles. The molecule has 0 aliphatic carbocycles. The van der Waals surface area contributed by atoms with Gasteiger partial charge in [-0.2, -0.15) is 0 Å². The van der Waals surface area contributed by atoms with Gasteiger partial charge in [-0.1, -0.05) is 43.3 Å². The highest BCUT2D eigenvalue weighted by Crippen LogP contribution is 2.24. The van der Waals surface area contributed by atoms with E-state index in [9.17, 15) is 14.7 Å². The number of aromatic hydroxyl groups is 1. The summed E-state index contributed by atoms with van der Waals surface area (Å²) >= 11 is 0. The molecule has 2 aromatic rings. The number of nitrogens with one attached hydrogen (secondary N) is 1. The number of likely N-dealkylation sites (tertiary alicyclic amines) is 1. The third-order valence-electron chi connectivity index (χ3n) is 4.94. The van der Waals surface area contributed by atoms with Crippen LogP contribution in [-0.2, 0) is 11.2 Å². The van der Waals surface area contributed by atoms with E-state index in [2.05, 4.69) is 5.32 Å². The van der Waals surface area contributed by atoms with Gasteiger partial charge in [-0.15, -0.1) is 0 Å². The number of carbonyl (C=O) groups excluding carboxylic acids is 2. The van der Waals surface area contributed by atoms with Gasteiger partial charge in [-0.25, -0.2) is 0 Å². The Morgan fingerprint density at radius 1 is 1.15 bits per heavy atom. The molecule has 0 radical (unpaired) electrons. The van der Waals surface area contributed by atoms with Crippen molar-refractivity contribution in [2.75, 3.05) is 13.1 Å². The summed E-state index contributed by atoms with van der Waals surface area (Å²) in [6.45, 7) is 2.93. The summed E-state index contributed by atoms with van der Waals surface area (Å²) < 4.78 is 0. The molecular weight excluding hydrogens is 340 g/mol. The monoisotopic (exact) mass is 366 g/mol. The van der Waals surface area contributed by atoms with Crippen LogP contribution in [0.2, 0.25) is 0 Å². The van der Waals surface area contributed by atoms with E-state index in [-0.39, 0.29) is 23.6 Å². The Morgan fingerprint density at radius 3 is 2.67 bits per heavy atom. The van der Waals surface area contributed by atoms with E-state index >= 15 is 0 Å². The number of piperidine rings is 1. The molecule has 2 amide bonds. The van der Waals surface area contributed by atoms with Crippen molar-refractivity contribution in [1.82, 2.24) is 10.2 Å². The normalized spacial score (nSPS) is 16.8. The van der Waals surface area contributed by atoms with E-state index < -0.39 is 0 Å². The maximum Gasteiger partial charge on any atom is 0.257 e. The molecule has 142 valence electrons. The summed E-state index contributed by atoms with van der Waals surface area (Å²) in [5.41, 5.74) is 2.46. The van der Waals surface area contributed by atoms with Crippen LogP contribution in [0.4, 0.5) is 0 Å². The SMILES string of the molecule is CCC(=O)NC1CCCN(C(=O)c2cc(Cc3ccccc3)ccc2O)C1. The summed E-state index contributed by atoms with van der Waals surface area (Å²) in [6.07, 6.45) is 2.85. The van der Waals surface area contributed by atoms with Crippen molar-refractivity contribution in [3.8, 4) is 5.75 Å². The maximum absolute atomic E-state index is 13.0. The van der Waals surface area contributed by atoms with Crippen LogP contribution in [0.5, 0.6) is 5.75 Å². The molecule has 0 spiro atoms. The lowest BCUT2D eigenvalue weighted by atomic mass is 10.00. The van der Waals surface area contributed by atoms with Gasteiger partial charge in [0.2, 0.25) is 5.91 Å². The molecule has 1 aliphatic heterocycles. The summed E-state index contributed by atoms with van der Waals surface area (Å²) in [5, 5.41) is 13.2. The van der Waals surface area contributed by atoms with Crippen LogP contribution >= 0.6 is 0 Å². The van der Waals surface area contributed by atoms with Gasteiger partial charge in [0, 0.05) is 25.6 Å². The fraction of sp³-hybridized carbons (Fsp3) is 0.364. The van der Waals surface area contributed by atoms with Crippen LogP contribution in [0, 0.1) is 0 Å². The van der Waals surface area contributed by atoms with Gasteiger partial charge in [-0.3, -0.25) is 9.59 Å². The van der Waals surface area contributed by atoms with Gasteiger partial charge in [0.05, 0.1) is 5.56 Å². The second-order valence-electron chi connectivity index (χ2n) is 7.03. The van der Waals surface area contributed by atoms with Crippen LogP contribution in [0.1, 0.15) is 47.7 Å². The summed E-state index contributed by atoms with van der Waals surface area (Å²) in [4.78, 5) is 26.4. The lowest BCUT2D eigenvalue weighted by Crippen LogP contribution is -2.49. The Labute approximate surface area is 160 Å². The standard InChI is InChI=1S/C22H26N2O3/c1-2-21(26)23-18-9-6-12-24(15-18)22(27)19-14-17(10-11-20(19)25)13-16-7-4-3-5-8-16/h3-5,7-8,10-11,14,18,25H,2,6,9,12-13,15H2,1H3,(H,23,26). The zero-order chi connectivity index (χ0) is 19.2. The average Bonchev–Trinajstić information content (AvgIpc) is 2.70. The third-order valence-corrected chi connectivity index (χ3v) is 4.94. The molecule has 2 aromatic carbocycles. The molecule has 1 fully saturated rings. The summed E-state index contributed by atoms with van der Waals surface area (Å²) in [7, 11) is 0. The predicted octanol–water partition coefficient (Wildman–Crippen LogP) is 3.11. The largest absolute Gasteiger partial charge is 0.507 e. The maximum atomic E-state index is 13.0. The molecular formula is C22H26N2O3. The van der Waals surface area contributed by atoms with Gasteiger partial charge >= 0.3 is 0 Å². The molecule has 27 heavy (non-hydrogen) atoms. The van der Waals surface area contributed by atoms with E-state index in [4.69, 9.17) is 0 Å². The fourth-order valence-corrected chi connectivity index (χ4v) is 3.48. The van der Waals surface area contributed by atoms with Crippen molar-refractivity contribution in [2.24, 2.45) is 0 Å². The molecule has 5 heteroatoms. The molecule has 5 nitrogen and oxygen atoms in total. The fourth-order valence-electron chi connectivity index (χ4n) is 3.48. The average molecular weight is 366 g/mol. The number of rotatable bonds is 5. The molecule has 0 bridgehead atoms. The number of phenols is 1. The number of hydrogen-bond donors (Lipinski definition) is 2. The minimum Gasteiger partial charge on any atom is -0.507 e. The molecule has 2 N–H and O–H groups in total. The second-order valence-corrected chi connectivity index (χ2v) is 7.03. The Morgan fingerprint density at radius 2 is 1.93 bits per heavy atom. The van der Waals surface area contributed by atoms with Gasteiger partial charge in [0.15, 0.2) is 0 Å². The van der Waals surface area contributed by atoms with E-state index in [1.165, 1.54) is 0 Å². The number of benzene rings is 2. The molecule has 1 aliphatic rings. The smallest absolute Gasteiger partial charge is 0.257 e. The van der Waals surface area contributed by atoms with Crippen LogP contribution < -0.4 is 5.32 Å². The highest BCUT2D eigenvalue weighted by atomic mass is 16.3. The number of nitrogens with zero attached hydrogens (tertiary/aromatic N) is 1. The predicted molar refractivity (Wildman–Crippen MR) is 105 cm³/mol. The number of amides is 2.